The topological polar surface area (TPSA) is 44.8 Å². The molecule has 0 saturated carbocycles. The predicted octanol–water partition coefficient (Wildman–Crippen LogP) is 5.07. The predicted molar refractivity (Wildman–Crippen MR) is 148 cm³/mol. The minimum Gasteiger partial charge on any atom is -0.379 e. The molecule has 2 aromatic carbocycles. The number of carbonyl (C=O) groups excluding carboxylic acids is 1. The zero-order valence-electron chi connectivity index (χ0n) is 19.8. The van der Waals surface area contributed by atoms with Gasteiger partial charge < -0.3 is 15.0 Å². The van der Waals surface area contributed by atoms with Crippen LogP contribution < -0.4 is 5.32 Å². The van der Waals surface area contributed by atoms with Gasteiger partial charge in [0, 0.05) is 36.9 Å². The summed E-state index contributed by atoms with van der Waals surface area (Å²) in [7, 11) is 0. The minimum atomic E-state index is 0. The molecule has 4 aliphatic rings. The van der Waals surface area contributed by atoms with E-state index in [2.05, 4.69) is 63.6 Å². The Morgan fingerprint density at radius 1 is 0.971 bits per heavy atom. The molecular weight excluding hydrogens is 501 g/mol. The van der Waals surface area contributed by atoms with Gasteiger partial charge in [0.2, 0.25) is 0 Å². The maximum absolute atomic E-state index is 13.0. The molecule has 1 amide bonds. The lowest BCUT2D eigenvalue weighted by atomic mass is 9.84. The molecular formula is C27H33Cl2N3O2S. The Balaban J connectivity index is 0.00000144. The van der Waals surface area contributed by atoms with Crippen LogP contribution in [0.25, 0.3) is 21.2 Å². The second-order valence-corrected chi connectivity index (χ2v) is 10.8. The smallest absolute Gasteiger partial charge is 0.261 e. The normalized spacial score (nSPS) is 23.9. The first-order valence-electron chi connectivity index (χ1n) is 12.2. The second-order valence-electron chi connectivity index (χ2n) is 9.67. The highest BCUT2D eigenvalue weighted by molar-refractivity contribution is 7.20. The summed E-state index contributed by atoms with van der Waals surface area (Å²) in [6.45, 7) is 7.99. The van der Waals surface area contributed by atoms with E-state index < -0.39 is 0 Å². The van der Waals surface area contributed by atoms with E-state index in [-0.39, 0.29) is 30.7 Å². The van der Waals surface area contributed by atoms with Crippen molar-refractivity contribution in [2.75, 3.05) is 45.9 Å². The molecule has 7 rings (SSSR count). The molecule has 8 heteroatoms. The van der Waals surface area contributed by atoms with Gasteiger partial charge in [-0.1, -0.05) is 30.3 Å². The fraction of sp³-hybridized carbons (Fsp3) is 0.444. The van der Waals surface area contributed by atoms with Crippen LogP contribution in [0.15, 0.2) is 48.5 Å². The summed E-state index contributed by atoms with van der Waals surface area (Å²) in [6.07, 6.45) is 2.43. The Kier molecular flexibility index (Phi) is 8.74. The Morgan fingerprint density at radius 2 is 1.74 bits per heavy atom. The van der Waals surface area contributed by atoms with Gasteiger partial charge in [0.1, 0.15) is 0 Å². The molecule has 0 spiro atoms. The summed E-state index contributed by atoms with van der Waals surface area (Å²) in [4.78, 5) is 18.8. The van der Waals surface area contributed by atoms with Gasteiger partial charge in [0.25, 0.3) is 5.91 Å². The highest BCUT2D eigenvalue weighted by Crippen LogP contribution is 2.32. The molecule has 5 nitrogen and oxygen atoms in total. The molecule has 2 bridgehead atoms. The molecule has 4 fully saturated rings. The number of piperidine rings is 3. The van der Waals surface area contributed by atoms with Crippen LogP contribution in [-0.4, -0.2) is 67.7 Å². The number of carbonyl (C=O) groups is 1. The van der Waals surface area contributed by atoms with Gasteiger partial charge >= 0.3 is 0 Å². The number of ether oxygens (including phenoxy) is 1. The average molecular weight is 535 g/mol. The van der Waals surface area contributed by atoms with Crippen LogP contribution in [0.5, 0.6) is 0 Å². The number of hydrogen-bond acceptors (Lipinski definition) is 5. The molecule has 35 heavy (non-hydrogen) atoms. The summed E-state index contributed by atoms with van der Waals surface area (Å²) >= 11 is 1.61. The third-order valence-electron chi connectivity index (χ3n) is 7.49. The number of rotatable bonds is 5. The molecule has 4 aliphatic heterocycles. The van der Waals surface area contributed by atoms with Crippen LogP contribution in [0, 0.1) is 5.92 Å². The molecule has 1 atom stereocenters. The van der Waals surface area contributed by atoms with Crippen molar-refractivity contribution in [3.8, 4) is 11.1 Å². The first kappa shape index (κ1) is 26.4. The molecule has 0 radical (unpaired) electrons. The third kappa shape index (κ3) is 5.85. The van der Waals surface area contributed by atoms with Gasteiger partial charge in [-0.25, -0.2) is 0 Å². The van der Waals surface area contributed by atoms with E-state index in [0.29, 0.717) is 12.0 Å². The fourth-order valence-corrected chi connectivity index (χ4v) is 6.56. The van der Waals surface area contributed by atoms with Crippen LogP contribution in [0.3, 0.4) is 0 Å². The molecule has 5 heterocycles. The number of hydrogen-bond donors (Lipinski definition) is 1. The number of halogens is 2. The Hall–Kier alpha value is -1.67. The van der Waals surface area contributed by atoms with Gasteiger partial charge in [-0.05, 0) is 72.1 Å². The molecule has 188 valence electrons. The highest BCUT2D eigenvalue weighted by Gasteiger charge is 2.35. The lowest BCUT2D eigenvalue weighted by Gasteiger charge is -2.44. The third-order valence-corrected chi connectivity index (χ3v) is 8.58. The number of amides is 1. The lowest BCUT2D eigenvalue weighted by Crippen LogP contribution is -2.57. The van der Waals surface area contributed by atoms with Gasteiger partial charge in [-0.2, -0.15) is 0 Å². The lowest BCUT2D eigenvalue weighted by molar-refractivity contribution is 0.0342. The zero-order chi connectivity index (χ0) is 22.2. The standard InChI is InChI=1S/C27H31N3O2S.2ClH/c31-27(28-24-18-29-8-6-20(24)7-9-29)26-16-23-5-4-22(15-25(23)33-26)21-3-1-2-19(14-21)17-30-10-12-32-13-11-30;;/h1-5,14-16,20,24H,6-13,17-18H2,(H,28,31);2*1H/t24-;;/m0../s1. The van der Waals surface area contributed by atoms with E-state index in [1.54, 1.807) is 11.3 Å². The maximum atomic E-state index is 13.0. The number of nitrogens with one attached hydrogen (secondary N) is 1. The van der Waals surface area contributed by atoms with E-state index in [9.17, 15) is 4.79 Å². The van der Waals surface area contributed by atoms with Crippen molar-refractivity contribution in [1.82, 2.24) is 15.1 Å². The van der Waals surface area contributed by atoms with E-state index in [1.165, 1.54) is 47.3 Å². The quantitative estimate of drug-likeness (QED) is 0.497. The van der Waals surface area contributed by atoms with E-state index in [1.807, 2.05) is 0 Å². The molecule has 0 unspecified atom stereocenters. The van der Waals surface area contributed by atoms with Gasteiger partial charge in [-0.15, -0.1) is 36.2 Å². The van der Waals surface area contributed by atoms with Crippen molar-refractivity contribution in [2.24, 2.45) is 5.92 Å². The summed E-state index contributed by atoms with van der Waals surface area (Å²) in [6, 6.07) is 17.8. The Bertz CT molecular complexity index is 1160. The number of benzene rings is 2. The largest absolute Gasteiger partial charge is 0.379 e. The summed E-state index contributed by atoms with van der Waals surface area (Å²) in [5.41, 5.74) is 3.77. The highest BCUT2D eigenvalue weighted by atomic mass is 35.5. The number of fused-ring (bicyclic) bond motifs is 4. The zero-order valence-corrected chi connectivity index (χ0v) is 22.2. The molecule has 0 aliphatic carbocycles. The van der Waals surface area contributed by atoms with Crippen LogP contribution in [0.2, 0.25) is 0 Å². The Morgan fingerprint density at radius 3 is 2.49 bits per heavy atom. The maximum Gasteiger partial charge on any atom is 0.261 e. The minimum absolute atomic E-state index is 0. The average Bonchev–Trinajstić information content (AvgIpc) is 3.29. The number of thiophene rings is 1. The Labute approximate surface area is 223 Å². The molecule has 3 aromatic rings. The van der Waals surface area contributed by atoms with E-state index >= 15 is 0 Å². The summed E-state index contributed by atoms with van der Waals surface area (Å²) in [5.74, 6) is 0.730. The van der Waals surface area contributed by atoms with Gasteiger partial charge in [0.05, 0.1) is 18.1 Å². The second kappa shape index (κ2) is 11.6. The molecule has 4 saturated heterocycles. The van der Waals surface area contributed by atoms with Crippen LogP contribution in [0.1, 0.15) is 28.1 Å². The summed E-state index contributed by atoms with van der Waals surface area (Å²) < 4.78 is 6.65. The SMILES string of the molecule is Cl.Cl.O=C(N[C@H]1CN2CCC1CC2)c1cc2ccc(-c3cccc(CN4CCOCC4)c3)cc2s1. The van der Waals surface area contributed by atoms with Crippen molar-refractivity contribution in [1.29, 1.82) is 0 Å². The van der Waals surface area contributed by atoms with Crippen molar-refractivity contribution in [3.05, 3.63) is 59.0 Å². The fourth-order valence-electron chi connectivity index (χ4n) is 5.56. The van der Waals surface area contributed by atoms with Crippen molar-refractivity contribution >= 4 is 52.1 Å². The first-order chi connectivity index (χ1) is 16.2. The van der Waals surface area contributed by atoms with Gasteiger partial charge in [-0.3, -0.25) is 9.69 Å². The van der Waals surface area contributed by atoms with Gasteiger partial charge in [0.15, 0.2) is 0 Å². The molecule has 1 N–H and O–H groups in total. The monoisotopic (exact) mass is 533 g/mol. The van der Waals surface area contributed by atoms with E-state index in [0.717, 1.165) is 49.7 Å². The molecule has 1 aromatic heterocycles. The van der Waals surface area contributed by atoms with Crippen LogP contribution >= 0.6 is 36.2 Å². The van der Waals surface area contributed by atoms with Crippen LogP contribution in [-0.2, 0) is 11.3 Å². The van der Waals surface area contributed by atoms with Crippen LogP contribution in [0.4, 0.5) is 0 Å². The number of nitrogens with zero attached hydrogens (tertiary/aromatic N) is 2. The van der Waals surface area contributed by atoms with Crippen molar-refractivity contribution in [2.45, 2.75) is 25.4 Å². The summed E-state index contributed by atoms with van der Waals surface area (Å²) in [5, 5.41) is 4.48. The van der Waals surface area contributed by atoms with Crippen molar-refractivity contribution < 1.29 is 9.53 Å². The number of morpholine rings is 1. The van der Waals surface area contributed by atoms with Crippen molar-refractivity contribution in [3.63, 3.8) is 0 Å². The first-order valence-corrected chi connectivity index (χ1v) is 13.0. The van der Waals surface area contributed by atoms with E-state index in [4.69, 9.17) is 4.74 Å².